The Hall–Kier alpha value is -3.26. The molecule has 3 rings (SSSR count). The van der Waals surface area contributed by atoms with Gasteiger partial charge in [-0.2, -0.15) is 8.42 Å². The van der Waals surface area contributed by atoms with Crippen LogP contribution in [0.5, 0.6) is 0 Å². The summed E-state index contributed by atoms with van der Waals surface area (Å²) in [7, 11) is -3.67. The van der Waals surface area contributed by atoms with Crippen molar-refractivity contribution in [1.82, 2.24) is 14.5 Å². The fourth-order valence-electron chi connectivity index (χ4n) is 4.27. The molecule has 0 spiro atoms. The molecule has 226 valence electrons. The van der Waals surface area contributed by atoms with E-state index in [1.54, 1.807) is 10.8 Å². The maximum Gasteiger partial charge on any atom is 0.261 e. The summed E-state index contributed by atoms with van der Waals surface area (Å²) < 4.78 is 69.4. The lowest BCUT2D eigenvalue weighted by Gasteiger charge is -2.41. The molecule has 0 fully saturated rings. The van der Waals surface area contributed by atoms with Crippen LogP contribution in [-0.4, -0.2) is 70.6 Å². The number of aliphatic hydroxyl groups is 1. The molecule has 1 aromatic heterocycles. The molecule has 0 radical (unpaired) electrons. The number of carbonyl (C=O) groups is 1. The highest BCUT2D eigenvalue weighted by Crippen LogP contribution is 2.37. The van der Waals surface area contributed by atoms with Gasteiger partial charge < -0.3 is 20.3 Å². The number of hydrogen-bond acceptors (Lipinski definition) is 6. The van der Waals surface area contributed by atoms with Gasteiger partial charge in [-0.15, -0.1) is 0 Å². The highest BCUT2D eigenvalue weighted by Gasteiger charge is 2.36. The molecule has 4 N–H and O–H groups in total. The van der Waals surface area contributed by atoms with Crippen molar-refractivity contribution in [3.05, 3.63) is 77.8 Å². The minimum atomic E-state index is -3.67. The molecule has 1 amide bonds. The molecule has 0 saturated heterocycles. The molecule has 0 bridgehead atoms. The van der Waals surface area contributed by atoms with Gasteiger partial charge in [-0.1, -0.05) is 51.1 Å². The Morgan fingerprint density at radius 1 is 1.15 bits per heavy atom. The normalized spacial score (nSPS) is 13.2. The Bertz CT molecular complexity index is 1390. The van der Waals surface area contributed by atoms with Gasteiger partial charge in [0.05, 0.1) is 11.9 Å². The second-order valence-electron chi connectivity index (χ2n) is 10.7. The van der Waals surface area contributed by atoms with Crippen LogP contribution in [0.2, 0.25) is 0 Å². The van der Waals surface area contributed by atoms with Gasteiger partial charge in [-0.25, -0.2) is 18.2 Å². The molecular weight excluding hydrogens is 561 g/mol. The van der Waals surface area contributed by atoms with Gasteiger partial charge in [0.2, 0.25) is 5.91 Å². The third-order valence-corrected chi connectivity index (χ3v) is 5.95. The number of halogens is 3. The van der Waals surface area contributed by atoms with Crippen molar-refractivity contribution in [1.29, 1.82) is 0 Å². The number of aliphatic hydroxyl groups excluding tert-OH is 1. The Balaban J connectivity index is 0.00000108. The van der Waals surface area contributed by atoms with Crippen LogP contribution in [0, 0.1) is 17.0 Å². The molecular formula is C28H37F3N4O5S. The monoisotopic (exact) mass is 598 g/mol. The summed E-state index contributed by atoms with van der Waals surface area (Å²) in [5.41, 5.74) is 6.33. The van der Waals surface area contributed by atoms with E-state index >= 15 is 0 Å². The van der Waals surface area contributed by atoms with E-state index in [4.69, 9.17) is 10.3 Å². The second-order valence-corrected chi connectivity index (χ2v) is 12.1. The van der Waals surface area contributed by atoms with E-state index in [2.05, 4.69) is 4.98 Å². The topological polar surface area (TPSA) is 139 Å². The largest absolute Gasteiger partial charge is 0.387 e. The number of benzene rings is 2. The van der Waals surface area contributed by atoms with Gasteiger partial charge in [0, 0.05) is 36.2 Å². The number of nitrogens with zero attached hydrogens (tertiary/aromatic N) is 3. The van der Waals surface area contributed by atoms with E-state index in [0.717, 1.165) is 23.8 Å². The van der Waals surface area contributed by atoms with Crippen molar-refractivity contribution in [2.24, 2.45) is 11.1 Å². The molecule has 0 aliphatic heterocycles. The maximum atomic E-state index is 14.7. The van der Waals surface area contributed by atoms with E-state index in [-0.39, 0.29) is 24.2 Å². The average Bonchev–Trinajstić information content (AvgIpc) is 3.28. The molecule has 1 heterocycles. The quantitative estimate of drug-likeness (QED) is 0.300. The van der Waals surface area contributed by atoms with E-state index in [9.17, 15) is 31.5 Å². The minimum absolute atomic E-state index is 0.00444. The van der Waals surface area contributed by atoms with Crippen LogP contribution in [0.15, 0.2) is 54.7 Å². The number of imidazole rings is 1. The van der Waals surface area contributed by atoms with E-state index in [0.29, 0.717) is 18.5 Å². The number of nitrogens with two attached hydrogens (primary N) is 1. The van der Waals surface area contributed by atoms with E-state index < -0.39 is 58.6 Å². The lowest BCUT2D eigenvalue weighted by molar-refractivity contribution is -0.142. The first-order valence-electron chi connectivity index (χ1n) is 12.8. The minimum Gasteiger partial charge on any atom is -0.387 e. The summed E-state index contributed by atoms with van der Waals surface area (Å²) >= 11 is 0. The smallest absolute Gasteiger partial charge is 0.261 e. The Morgan fingerprint density at radius 2 is 1.76 bits per heavy atom. The molecule has 13 heteroatoms. The maximum absolute atomic E-state index is 14.7. The fraction of sp³-hybridized carbons (Fsp3) is 0.429. The summed E-state index contributed by atoms with van der Waals surface area (Å²) in [5, 5.41) is 9.73. The number of carbonyl (C=O) groups excluding carboxylic acids is 1. The number of hydrogen-bond donors (Lipinski definition) is 3. The molecule has 0 aliphatic carbocycles. The van der Waals surface area contributed by atoms with E-state index in [1.165, 1.54) is 4.90 Å². The van der Waals surface area contributed by atoms with Crippen LogP contribution in [0.4, 0.5) is 13.2 Å². The highest BCUT2D eigenvalue weighted by molar-refractivity contribution is 7.85. The third-order valence-electron chi connectivity index (χ3n) is 5.95. The predicted molar refractivity (Wildman–Crippen MR) is 150 cm³/mol. The molecule has 0 saturated carbocycles. The van der Waals surface area contributed by atoms with Crippen molar-refractivity contribution in [3.63, 3.8) is 0 Å². The average molecular weight is 599 g/mol. The SMILES string of the molecule is CC(C)(C)[C@@H](N(CC[C@H](N)CF)C(=O)CO)n1cc(-c2cc(F)ccc2F)nc1Cc1ccccc1.CS(=O)(=O)O. The van der Waals surface area contributed by atoms with Crippen molar-refractivity contribution in [2.45, 2.75) is 45.8 Å². The van der Waals surface area contributed by atoms with Crippen LogP contribution in [-0.2, 0) is 21.3 Å². The Labute approximate surface area is 238 Å². The Kier molecular flexibility index (Phi) is 12.1. The van der Waals surface area contributed by atoms with Crippen LogP contribution >= 0.6 is 0 Å². The standard InChI is InChI=1S/C27H33F3N4O2.CH4O3S/c1-27(2,3)26(33(25(36)17-35)12-11-20(31)15-28)34-16-23(21-14-19(29)9-10-22(21)30)32-24(34)13-18-7-5-4-6-8-18;1-5(2,3)4/h4-10,14,16,20,26,35H,11-13,15,17,31H2,1-3H3;1H3,(H,2,3,4)/t20-,26-;/m0./s1. The summed E-state index contributed by atoms with van der Waals surface area (Å²) in [6.45, 7) is 4.36. The molecule has 2 aromatic carbocycles. The van der Waals surface area contributed by atoms with Gasteiger partial charge in [0.15, 0.2) is 0 Å². The first kappa shape index (κ1) is 33.9. The van der Waals surface area contributed by atoms with Gasteiger partial charge in [-0.3, -0.25) is 9.35 Å². The zero-order valence-corrected chi connectivity index (χ0v) is 24.3. The van der Waals surface area contributed by atoms with Crippen LogP contribution < -0.4 is 5.73 Å². The summed E-state index contributed by atoms with van der Waals surface area (Å²) in [6, 6.07) is 11.9. The first-order chi connectivity index (χ1) is 19.0. The third kappa shape index (κ3) is 10.6. The summed E-state index contributed by atoms with van der Waals surface area (Å²) in [5.74, 6) is -1.27. The van der Waals surface area contributed by atoms with E-state index in [1.807, 2.05) is 51.1 Å². The number of rotatable bonds is 10. The molecule has 41 heavy (non-hydrogen) atoms. The molecule has 0 aliphatic rings. The predicted octanol–water partition coefficient (Wildman–Crippen LogP) is 3.98. The van der Waals surface area contributed by atoms with Crippen LogP contribution in [0.25, 0.3) is 11.3 Å². The lowest BCUT2D eigenvalue weighted by Crippen LogP contribution is -2.47. The Morgan fingerprint density at radius 3 is 2.29 bits per heavy atom. The van der Waals surface area contributed by atoms with Crippen LogP contribution in [0.3, 0.4) is 0 Å². The van der Waals surface area contributed by atoms with Crippen molar-refractivity contribution < 1.29 is 36.0 Å². The first-order valence-corrected chi connectivity index (χ1v) is 14.6. The van der Waals surface area contributed by atoms with Crippen molar-refractivity contribution >= 4 is 16.0 Å². The fourth-order valence-corrected chi connectivity index (χ4v) is 4.27. The summed E-state index contributed by atoms with van der Waals surface area (Å²) in [6.07, 6.45) is 2.17. The van der Waals surface area contributed by atoms with Crippen molar-refractivity contribution in [2.75, 3.05) is 26.1 Å². The zero-order chi connectivity index (χ0) is 31.0. The number of alkyl halides is 1. The van der Waals surface area contributed by atoms with Crippen LogP contribution in [0.1, 0.15) is 44.7 Å². The lowest BCUT2D eigenvalue weighted by atomic mass is 9.90. The number of amides is 1. The van der Waals surface area contributed by atoms with Crippen molar-refractivity contribution in [3.8, 4) is 11.3 Å². The molecule has 9 nitrogen and oxygen atoms in total. The van der Waals surface area contributed by atoms with Gasteiger partial charge >= 0.3 is 0 Å². The summed E-state index contributed by atoms with van der Waals surface area (Å²) in [4.78, 5) is 19.0. The van der Waals surface area contributed by atoms with Gasteiger partial charge in [0.25, 0.3) is 10.1 Å². The molecule has 3 aromatic rings. The molecule has 2 atom stereocenters. The number of aromatic nitrogens is 2. The molecule has 0 unspecified atom stereocenters. The second kappa shape index (κ2) is 14.6. The van der Waals surface area contributed by atoms with Gasteiger partial charge in [-0.05, 0) is 30.2 Å². The van der Waals surface area contributed by atoms with Gasteiger partial charge in [0.1, 0.15) is 36.9 Å². The zero-order valence-electron chi connectivity index (χ0n) is 23.5. The highest BCUT2D eigenvalue weighted by atomic mass is 32.2.